The number of aromatic nitrogens is 1. The third-order valence-corrected chi connectivity index (χ3v) is 3.89. The normalized spacial score (nSPS) is 12.8. The molecular weight excluding hydrogens is 266 g/mol. The lowest BCUT2D eigenvalue weighted by molar-refractivity contribution is 0.385. The fourth-order valence-electron chi connectivity index (χ4n) is 2.85. The standard InChI is InChI=1S/C17H13NO3/c19-12-5-2-11(3-6-12)17-16-14-9-13(20)7-1-10(14)4-8-15(16)21-18-17/h1-3,5-7,9,19-20H,4,8H2. The summed E-state index contributed by atoms with van der Waals surface area (Å²) in [5.74, 6) is 1.30. The van der Waals surface area contributed by atoms with E-state index in [0.29, 0.717) is 0 Å². The minimum Gasteiger partial charge on any atom is -0.508 e. The number of hydrogen-bond acceptors (Lipinski definition) is 4. The lowest BCUT2D eigenvalue weighted by Gasteiger charge is -2.15. The van der Waals surface area contributed by atoms with Crippen LogP contribution in [-0.2, 0) is 12.8 Å². The minimum absolute atomic E-state index is 0.217. The molecule has 4 nitrogen and oxygen atoms in total. The fourth-order valence-corrected chi connectivity index (χ4v) is 2.85. The highest BCUT2D eigenvalue weighted by atomic mass is 16.5. The average Bonchev–Trinajstić information content (AvgIpc) is 2.92. The van der Waals surface area contributed by atoms with Crippen LogP contribution in [0.5, 0.6) is 11.5 Å². The molecule has 0 unspecified atom stereocenters. The highest BCUT2D eigenvalue weighted by Crippen LogP contribution is 2.41. The minimum atomic E-state index is 0.217. The van der Waals surface area contributed by atoms with Crippen LogP contribution in [0.25, 0.3) is 22.4 Å². The van der Waals surface area contributed by atoms with Crippen molar-refractivity contribution in [2.24, 2.45) is 0 Å². The van der Waals surface area contributed by atoms with Gasteiger partial charge in [-0.3, -0.25) is 0 Å². The van der Waals surface area contributed by atoms with E-state index in [1.54, 1.807) is 24.3 Å². The van der Waals surface area contributed by atoms with Crippen molar-refractivity contribution in [1.82, 2.24) is 5.16 Å². The predicted molar refractivity (Wildman–Crippen MR) is 78.1 cm³/mol. The van der Waals surface area contributed by atoms with Gasteiger partial charge in [0.25, 0.3) is 0 Å². The van der Waals surface area contributed by atoms with E-state index in [9.17, 15) is 10.2 Å². The lowest BCUT2D eigenvalue weighted by atomic mass is 9.87. The van der Waals surface area contributed by atoms with Gasteiger partial charge in [0.1, 0.15) is 23.0 Å². The van der Waals surface area contributed by atoms with Crippen LogP contribution in [-0.4, -0.2) is 15.4 Å². The first-order chi connectivity index (χ1) is 10.2. The Morgan fingerprint density at radius 1 is 0.905 bits per heavy atom. The van der Waals surface area contributed by atoms with E-state index in [1.165, 1.54) is 5.56 Å². The van der Waals surface area contributed by atoms with Gasteiger partial charge >= 0.3 is 0 Å². The van der Waals surface area contributed by atoms with Gasteiger partial charge in [-0.1, -0.05) is 11.2 Å². The van der Waals surface area contributed by atoms with E-state index >= 15 is 0 Å². The summed E-state index contributed by atoms with van der Waals surface area (Å²) in [6, 6.07) is 12.3. The van der Waals surface area contributed by atoms with Crippen LogP contribution in [0.4, 0.5) is 0 Å². The summed E-state index contributed by atoms with van der Waals surface area (Å²) in [6.07, 6.45) is 1.69. The molecule has 0 atom stereocenters. The van der Waals surface area contributed by atoms with Crippen LogP contribution in [0.1, 0.15) is 11.3 Å². The largest absolute Gasteiger partial charge is 0.508 e. The van der Waals surface area contributed by atoms with Gasteiger partial charge in [0.05, 0.1) is 5.56 Å². The molecule has 0 saturated heterocycles. The quantitative estimate of drug-likeness (QED) is 0.715. The Kier molecular flexibility index (Phi) is 2.51. The SMILES string of the molecule is Oc1ccc(-c2noc3c2-c2cc(O)ccc2CC3)cc1. The second-order valence-electron chi connectivity index (χ2n) is 5.22. The number of hydrogen-bond donors (Lipinski definition) is 2. The maximum absolute atomic E-state index is 9.77. The number of phenolic OH excluding ortho intramolecular Hbond substituents is 2. The Balaban J connectivity index is 1.94. The van der Waals surface area contributed by atoms with Crippen molar-refractivity contribution in [2.45, 2.75) is 12.8 Å². The van der Waals surface area contributed by atoms with E-state index < -0.39 is 0 Å². The highest BCUT2D eigenvalue weighted by molar-refractivity contribution is 5.85. The molecule has 2 aromatic carbocycles. The van der Waals surface area contributed by atoms with Gasteiger partial charge in [0.2, 0.25) is 0 Å². The summed E-state index contributed by atoms with van der Waals surface area (Å²) >= 11 is 0. The monoisotopic (exact) mass is 279 g/mol. The molecule has 104 valence electrons. The van der Waals surface area contributed by atoms with E-state index in [0.717, 1.165) is 41.0 Å². The van der Waals surface area contributed by atoms with Gasteiger partial charge in [-0.2, -0.15) is 0 Å². The molecule has 4 heteroatoms. The molecular formula is C17H13NO3. The number of benzene rings is 2. The van der Waals surface area contributed by atoms with Crippen molar-refractivity contribution < 1.29 is 14.7 Å². The van der Waals surface area contributed by atoms with E-state index in [4.69, 9.17) is 4.52 Å². The van der Waals surface area contributed by atoms with Crippen LogP contribution in [0.2, 0.25) is 0 Å². The van der Waals surface area contributed by atoms with Crippen molar-refractivity contribution in [1.29, 1.82) is 0 Å². The molecule has 4 rings (SSSR count). The van der Waals surface area contributed by atoms with Crippen molar-refractivity contribution in [2.75, 3.05) is 0 Å². The Bertz CT molecular complexity index is 819. The molecule has 1 aliphatic carbocycles. The second-order valence-corrected chi connectivity index (χ2v) is 5.22. The number of aromatic hydroxyl groups is 2. The van der Waals surface area contributed by atoms with Gasteiger partial charge in [0, 0.05) is 12.0 Å². The molecule has 0 bridgehead atoms. The molecule has 21 heavy (non-hydrogen) atoms. The van der Waals surface area contributed by atoms with E-state index in [-0.39, 0.29) is 11.5 Å². The summed E-state index contributed by atoms with van der Waals surface area (Å²) in [4.78, 5) is 0. The fraction of sp³-hybridized carbons (Fsp3) is 0.118. The Labute approximate surface area is 121 Å². The number of phenols is 2. The van der Waals surface area contributed by atoms with Crippen molar-refractivity contribution in [3.05, 3.63) is 53.8 Å². The number of aryl methyl sites for hydroxylation is 2. The maximum atomic E-state index is 9.77. The van der Waals surface area contributed by atoms with E-state index in [1.807, 2.05) is 18.2 Å². The van der Waals surface area contributed by atoms with Gasteiger partial charge in [0.15, 0.2) is 0 Å². The molecule has 0 aliphatic heterocycles. The maximum Gasteiger partial charge on any atom is 0.145 e. The third-order valence-electron chi connectivity index (χ3n) is 3.89. The first kappa shape index (κ1) is 12.0. The smallest absolute Gasteiger partial charge is 0.145 e. The zero-order valence-corrected chi connectivity index (χ0v) is 11.2. The summed E-state index contributed by atoms with van der Waals surface area (Å²) in [7, 11) is 0. The molecule has 0 amide bonds. The molecule has 0 spiro atoms. The van der Waals surface area contributed by atoms with Gasteiger partial charge < -0.3 is 14.7 Å². The third kappa shape index (κ3) is 1.88. The Morgan fingerprint density at radius 3 is 2.48 bits per heavy atom. The number of fused-ring (bicyclic) bond motifs is 3. The van der Waals surface area contributed by atoms with Crippen LogP contribution in [0.15, 0.2) is 47.0 Å². The first-order valence-corrected chi connectivity index (χ1v) is 6.82. The van der Waals surface area contributed by atoms with Crippen molar-refractivity contribution >= 4 is 0 Å². The van der Waals surface area contributed by atoms with Gasteiger partial charge in [-0.15, -0.1) is 0 Å². The summed E-state index contributed by atoms with van der Waals surface area (Å²) in [6.45, 7) is 0. The van der Waals surface area contributed by atoms with Crippen LogP contribution < -0.4 is 0 Å². The molecule has 0 saturated carbocycles. The summed E-state index contributed by atoms with van der Waals surface area (Å²) < 4.78 is 5.47. The van der Waals surface area contributed by atoms with Gasteiger partial charge in [-0.05, 0) is 53.9 Å². The summed E-state index contributed by atoms with van der Waals surface area (Å²) in [5, 5.41) is 23.4. The molecule has 1 heterocycles. The van der Waals surface area contributed by atoms with E-state index in [2.05, 4.69) is 5.16 Å². The van der Waals surface area contributed by atoms with Crippen molar-refractivity contribution in [3.8, 4) is 33.9 Å². The van der Waals surface area contributed by atoms with Crippen LogP contribution in [0.3, 0.4) is 0 Å². The topological polar surface area (TPSA) is 66.5 Å². The predicted octanol–water partition coefficient (Wildman–Crippen LogP) is 3.52. The average molecular weight is 279 g/mol. The Hall–Kier alpha value is -2.75. The summed E-state index contributed by atoms with van der Waals surface area (Å²) in [5.41, 5.74) is 4.73. The first-order valence-electron chi connectivity index (χ1n) is 6.82. The number of rotatable bonds is 1. The van der Waals surface area contributed by atoms with Gasteiger partial charge in [-0.25, -0.2) is 0 Å². The van der Waals surface area contributed by atoms with Crippen molar-refractivity contribution in [3.63, 3.8) is 0 Å². The second kappa shape index (κ2) is 4.38. The molecule has 3 aromatic rings. The molecule has 0 fully saturated rings. The molecule has 2 N–H and O–H groups in total. The molecule has 0 radical (unpaired) electrons. The lowest BCUT2D eigenvalue weighted by Crippen LogP contribution is -2.02. The Morgan fingerprint density at radius 2 is 1.67 bits per heavy atom. The number of nitrogens with zero attached hydrogens (tertiary/aromatic N) is 1. The van der Waals surface area contributed by atoms with Crippen LogP contribution in [0, 0.1) is 0 Å². The molecule has 1 aliphatic rings. The zero-order chi connectivity index (χ0) is 14.4. The highest BCUT2D eigenvalue weighted by Gasteiger charge is 2.25. The molecule has 1 aromatic heterocycles. The van der Waals surface area contributed by atoms with Crippen LogP contribution >= 0.6 is 0 Å². The zero-order valence-electron chi connectivity index (χ0n) is 11.2.